The second kappa shape index (κ2) is 11.8. The van der Waals surface area contributed by atoms with E-state index in [0.717, 1.165) is 75.9 Å². The van der Waals surface area contributed by atoms with Crippen molar-refractivity contribution in [3.05, 3.63) is 84.5 Å². The topological polar surface area (TPSA) is 129 Å². The first-order valence-corrected chi connectivity index (χ1v) is 17.2. The molecule has 12 heteroatoms. The van der Waals surface area contributed by atoms with E-state index in [1.165, 1.54) is 5.57 Å². The molecule has 2 amide bonds. The first-order chi connectivity index (χ1) is 24.3. The van der Waals surface area contributed by atoms with Gasteiger partial charge in [0.05, 0.1) is 17.5 Å². The number of carbonyl (C=O) groups is 2. The summed E-state index contributed by atoms with van der Waals surface area (Å²) in [6.07, 6.45) is 6.21. The first kappa shape index (κ1) is 30.4. The number of carbonyl (C=O) groups excluding carboxylic acids is 2. The average molecular weight is 668 g/mol. The number of likely N-dealkylation sites (tertiary alicyclic amines) is 1. The maximum Gasteiger partial charge on any atom is 0.237 e. The molecule has 3 aliphatic heterocycles. The molecule has 2 fully saturated rings. The highest BCUT2D eigenvalue weighted by Gasteiger charge is 2.51. The van der Waals surface area contributed by atoms with Crippen LogP contribution in [0.1, 0.15) is 30.7 Å². The number of H-pyrrole nitrogens is 1. The SMILES string of the molecule is Cc1nc2cc(-c3n[nH]c4ccc(N5CC[C@]6(CCN(CC(=O)N7CC=C(c8ccc(-c9ncn(C)n9)cc8)CC7)C6)C5=O)cc34)ccc2o1. The lowest BCUT2D eigenvalue weighted by atomic mass is 9.85. The third-order valence-corrected chi connectivity index (χ3v) is 10.6. The minimum Gasteiger partial charge on any atom is -0.441 e. The molecule has 6 aromatic rings. The van der Waals surface area contributed by atoms with Gasteiger partial charge in [0.2, 0.25) is 11.8 Å². The molecule has 9 rings (SSSR count). The molecule has 12 nitrogen and oxygen atoms in total. The largest absolute Gasteiger partial charge is 0.441 e. The number of amides is 2. The fraction of sp³-hybridized carbons (Fsp3) is 0.316. The molecule has 3 aromatic heterocycles. The van der Waals surface area contributed by atoms with Crippen LogP contribution in [-0.2, 0) is 16.6 Å². The molecule has 50 heavy (non-hydrogen) atoms. The van der Waals surface area contributed by atoms with Crippen molar-refractivity contribution >= 4 is 45.1 Å². The molecule has 0 unspecified atom stereocenters. The van der Waals surface area contributed by atoms with E-state index in [2.05, 4.69) is 54.4 Å². The van der Waals surface area contributed by atoms with Crippen molar-refractivity contribution in [1.29, 1.82) is 0 Å². The number of benzene rings is 3. The molecule has 1 N–H and O–H groups in total. The second-order valence-electron chi connectivity index (χ2n) is 13.8. The lowest BCUT2D eigenvalue weighted by Crippen LogP contribution is -2.43. The summed E-state index contributed by atoms with van der Waals surface area (Å²) in [4.78, 5) is 42.3. The summed E-state index contributed by atoms with van der Waals surface area (Å²) >= 11 is 0. The monoisotopic (exact) mass is 667 g/mol. The first-order valence-electron chi connectivity index (χ1n) is 17.2. The Hall–Kier alpha value is -5.62. The van der Waals surface area contributed by atoms with Crippen LogP contribution in [0.25, 0.3) is 50.2 Å². The molecule has 0 bridgehead atoms. The van der Waals surface area contributed by atoms with Crippen LogP contribution >= 0.6 is 0 Å². The number of aryl methyl sites for hydroxylation is 2. The van der Waals surface area contributed by atoms with Crippen LogP contribution in [0.4, 0.5) is 5.69 Å². The van der Waals surface area contributed by atoms with E-state index in [9.17, 15) is 9.59 Å². The van der Waals surface area contributed by atoms with Crippen LogP contribution in [0.15, 0.2) is 77.5 Å². The van der Waals surface area contributed by atoms with E-state index in [-0.39, 0.29) is 11.8 Å². The van der Waals surface area contributed by atoms with Gasteiger partial charge in [-0.15, -0.1) is 0 Å². The van der Waals surface area contributed by atoms with Gasteiger partial charge in [-0.2, -0.15) is 10.2 Å². The van der Waals surface area contributed by atoms with Crippen LogP contribution in [0, 0.1) is 12.3 Å². The standard InChI is InChI=1S/C38H37N9O3/c1-24-40-32-19-28(7-10-33(32)50-24)35-30-20-29(8-9-31(30)41-42-35)47-18-14-38(37(47)49)13-17-45(22-38)21-34(48)46-15-11-26(12-16-46)25-3-5-27(6-4-25)36-39-23-44(2)43-36/h3-11,19-20,23H,12-18,21-22H2,1-2H3,(H,41,42)/t38-/m0/s1. The van der Waals surface area contributed by atoms with Gasteiger partial charge in [0.15, 0.2) is 17.3 Å². The van der Waals surface area contributed by atoms with Crippen LogP contribution in [-0.4, -0.2) is 90.8 Å². The Morgan fingerprint density at radius 3 is 2.60 bits per heavy atom. The van der Waals surface area contributed by atoms with Crippen molar-refractivity contribution in [3.63, 3.8) is 0 Å². The third-order valence-electron chi connectivity index (χ3n) is 10.6. The normalized spacial score (nSPS) is 19.8. The van der Waals surface area contributed by atoms with E-state index in [1.54, 1.807) is 11.0 Å². The highest BCUT2D eigenvalue weighted by Crippen LogP contribution is 2.43. The molecule has 2 saturated heterocycles. The molecule has 1 spiro atoms. The number of anilines is 1. The fourth-order valence-electron chi connectivity index (χ4n) is 7.87. The van der Waals surface area contributed by atoms with Gasteiger partial charge in [0, 0.05) is 62.4 Å². The smallest absolute Gasteiger partial charge is 0.237 e. The fourth-order valence-corrected chi connectivity index (χ4v) is 7.87. The highest BCUT2D eigenvalue weighted by atomic mass is 16.3. The maximum atomic E-state index is 14.1. The van der Waals surface area contributed by atoms with Crippen LogP contribution in [0.5, 0.6) is 0 Å². The zero-order valence-electron chi connectivity index (χ0n) is 28.1. The molecule has 0 saturated carbocycles. The average Bonchev–Trinajstić information content (AvgIpc) is 3.97. The quantitative estimate of drug-likeness (QED) is 0.256. The van der Waals surface area contributed by atoms with Crippen molar-refractivity contribution in [2.24, 2.45) is 12.5 Å². The number of nitrogens with one attached hydrogen (secondary N) is 1. The van der Waals surface area contributed by atoms with Crippen molar-refractivity contribution in [2.75, 3.05) is 44.2 Å². The van der Waals surface area contributed by atoms with Gasteiger partial charge in [-0.1, -0.05) is 30.3 Å². The minimum atomic E-state index is -0.462. The molecule has 1 atom stereocenters. The minimum absolute atomic E-state index is 0.119. The van der Waals surface area contributed by atoms with Gasteiger partial charge >= 0.3 is 0 Å². The number of nitrogens with zero attached hydrogens (tertiary/aromatic N) is 8. The van der Waals surface area contributed by atoms with Crippen LogP contribution in [0.2, 0.25) is 0 Å². The van der Waals surface area contributed by atoms with Crippen molar-refractivity contribution in [1.82, 2.24) is 39.7 Å². The molecule has 0 aliphatic carbocycles. The van der Waals surface area contributed by atoms with Gasteiger partial charge in [-0.05, 0) is 73.3 Å². The predicted octanol–water partition coefficient (Wildman–Crippen LogP) is 5.22. The second-order valence-corrected chi connectivity index (χ2v) is 13.8. The van der Waals surface area contributed by atoms with E-state index in [4.69, 9.17) is 4.42 Å². The number of hydrogen-bond donors (Lipinski definition) is 1. The van der Waals surface area contributed by atoms with Gasteiger partial charge < -0.3 is 14.2 Å². The Balaban J connectivity index is 0.842. The van der Waals surface area contributed by atoms with Crippen molar-refractivity contribution in [3.8, 4) is 22.6 Å². The van der Waals surface area contributed by atoms with Crippen LogP contribution < -0.4 is 4.90 Å². The maximum absolute atomic E-state index is 14.1. The molecule has 3 aliphatic rings. The number of rotatable bonds is 6. The Morgan fingerprint density at radius 2 is 1.80 bits per heavy atom. The number of aromatic nitrogens is 6. The summed E-state index contributed by atoms with van der Waals surface area (Å²) in [5.74, 6) is 1.60. The number of aromatic amines is 1. The van der Waals surface area contributed by atoms with E-state index in [1.807, 2.05) is 66.2 Å². The summed E-state index contributed by atoms with van der Waals surface area (Å²) in [5, 5.41) is 13.1. The van der Waals surface area contributed by atoms with Crippen molar-refractivity contribution < 1.29 is 14.0 Å². The molecule has 0 radical (unpaired) electrons. The third kappa shape index (κ3) is 5.27. The molecule has 3 aromatic carbocycles. The Morgan fingerprint density at radius 1 is 0.980 bits per heavy atom. The van der Waals surface area contributed by atoms with Gasteiger partial charge in [-0.25, -0.2) is 9.97 Å². The highest BCUT2D eigenvalue weighted by molar-refractivity contribution is 6.03. The van der Waals surface area contributed by atoms with E-state index < -0.39 is 5.41 Å². The Kier molecular flexibility index (Phi) is 7.16. The van der Waals surface area contributed by atoms with E-state index in [0.29, 0.717) is 44.4 Å². The lowest BCUT2D eigenvalue weighted by Gasteiger charge is -2.29. The molecule has 6 heterocycles. The lowest BCUT2D eigenvalue weighted by molar-refractivity contribution is -0.132. The van der Waals surface area contributed by atoms with Gasteiger partial charge in [0.1, 0.15) is 17.5 Å². The summed E-state index contributed by atoms with van der Waals surface area (Å²) in [7, 11) is 1.86. The summed E-state index contributed by atoms with van der Waals surface area (Å²) < 4.78 is 7.35. The Bertz CT molecular complexity index is 2320. The van der Waals surface area contributed by atoms with Crippen LogP contribution in [0.3, 0.4) is 0 Å². The molecular weight excluding hydrogens is 630 g/mol. The molecular formula is C38H37N9O3. The Labute approximate surface area is 288 Å². The zero-order chi connectivity index (χ0) is 34.0. The summed E-state index contributed by atoms with van der Waals surface area (Å²) in [6, 6.07) is 20.2. The predicted molar refractivity (Wildman–Crippen MR) is 190 cm³/mol. The summed E-state index contributed by atoms with van der Waals surface area (Å²) in [6.45, 7) is 5.46. The number of fused-ring (bicyclic) bond motifs is 2. The van der Waals surface area contributed by atoms with Gasteiger partial charge in [0.25, 0.3) is 0 Å². The summed E-state index contributed by atoms with van der Waals surface area (Å²) in [5.41, 5.74) is 7.98. The van der Waals surface area contributed by atoms with Gasteiger partial charge in [-0.3, -0.25) is 24.3 Å². The zero-order valence-corrected chi connectivity index (χ0v) is 28.1. The van der Waals surface area contributed by atoms with E-state index >= 15 is 0 Å². The molecule has 252 valence electrons. The number of hydrogen-bond acceptors (Lipinski definition) is 8. The van der Waals surface area contributed by atoms with Crippen molar-refractivity contribution in [2.45, 2.75) is 26.2 Å². The number of oxazole rings is 1.